The molecule has 0 heterocycles. The molecule has 3 N–H and O–H groups in total. The summed E-state index contributed by atoms with van der Waals surface area (Å²) in [5.74, 6) is -0.624. The van der Waals surface area contributed by atoms with Gasteiger partial charge in [0.1, 0.15) is 0 Å². The van der Waals surface area contributed by atoms with Crippen LogP contribution in [0.1, 0.15) is 30.6 Å². The topological polar surface area (TPSA) is 114 Å². The SMILES string of the molecule is CCOCCCNC(=O)c1ccccc1NS(=O)(=O)c1ccc(NC(C)=O)cc1. The van der Waals surface area contributed by atoms with E-state index in [4.69, 9.17) is 4.74 Å². The van der Waals surface area contributed by atoms with Gasteiger partial charge in [-0.1, -0.05) is 12.1 Å². The average Bonchev–Trinajstić information content (AvgIpc) is 2.68. The number of ether oxygens (including phenoxy) is 1. The summed E-state index contributed by atoms with van der Waals surface area (Å²) in [5.41, 5.74) is 0.895. The normalized spacial score (nSPS) is 11.0. The van der Waals surface area contributed by atoms with Gasteiger partial charge >= 0.3 is 0 Å². The quantitative estimate of drug-likeness (QED) is 0.512. The fourth-order valence-electron chi connectivity index (χ4n) is 2.51. The smallest absolute Gasteiger partial charge is 0.261 e. The van der Waals surface area contributed by atoms with Crippen molar-refractivity contribution >= 4 is 33.2 Å². The molecule has 8 nitrogen and oxygen atoms in total. The molecule has 2 aromatic carbocycles. The number of amides is 2. The fourth-order valence-corrected chi connectivity index (χ4v) is 3.59. The van der Waals surface area contributed by atoms with Crippen molar-refractivity contribution in [2.75, 3.05) is 29.8 Å². The first-order valence-corrected chi connectivity index (χ1v) is 10.7. The number of carbonyl (C=O) groups excluding carboxylic acids is 2. The summed E-state index contributed by atoms with van der Waals surface area (Å²) in [5, 5.41) is 5.33. The lowest BCUT2D eigenvalue weighted by Crippen LogP contribution is -2.27. The maximum absolute atomic E-state index is 12.7. The molecule has 0 bridgehead atoms. The molecule has 0 aromatic heterocycles. The molecule has 2 amide bonds. The summed E-state index contributed by atoms with van der Waals surface area (Å²) in [6.45, 7) is 4.84. The summed E-state index contributed by atoms with van der Waals surface area (Å²) >= 11 is 0. The lowest BCUT2D eigenvalue weighted by molar-refractivity contribution is -0.114. The van der Waals surface area contributed by atoms with Crippen LogP contribution >= 0.6 is 0 Å². The molecule has 0 saturated heterocycles. The highest BCUT2D eigenvalue weighted by atomic mass is 32.2. The standard InChI is InChI=1S/C20H25N3O5S/c1-3-28-14-6-13-21-20(25)18-7-4-5-8-19(18)23-29(26,27)17-11-9-16(10-12-17)22-15(2)24/h4-5,7-12,23H,3,6,13-14H2,1-2H3,(H,21,25)(H,22,24). The van der Waals surface area contributed by atoms with Crippen molar-refractivity contribution in [3.05, 3.63) is 54.1 Å². The van der Waals surface area contributed by atoms with Gasteiger partial charge in [-0.15, -0.1) is 0 Å². The molecule has 0 saturated carbocycles. The van der Waals surface area contributed by atoms with Gasteiger partial charge in [-0.2, -0.15) is 0 Å². The zero-order chi connectivity index (χ0) is 21.3. The number of rotatable bonds is 10. The van der Waals surface area contributed by atoms with Crippen molar-refractivity contribution in [3.8, 4) is 0 Å². The molecule has 9 heteroatoms. The summed E-state index contributed by atoms with van der Waals surface area (Å²) < 4.78 is 33.1. The van der Waals surface area contributed by atoms with Gasteiger partial charge in [-0.25, -0.2) is 8.42 Å². The van der Waals surface area contributed by atoms with Gasteiger partial charge in [0.05, 0.1) is 16.1 Å². The summed E-state index contributed by atoms with van der Waals surface area (Å²) in [7, 11) is -3.91. The number of carbonyl (C=O) groups is 2. The fraction of sp³-hybridized carbons (Fsp3) is 0.300. The van der Waals surface area contributed by atoms with Gasteiger partial charge in [0.15, 0.2) is 0 Å². The van der Waals surface area contributed by atoms with E-state index in [0.717, 1.165) is 0 Å². The van der Waals surface area contributed by atoms with E-state index in [1.54, 1.807) is 18.2 Å². The molecule has 0 radical (unpaired) electrons. The molecule has 29 heavy (non-hydrogen) atoms. The lowest BCUT2D eigenvalue weighted by Gasteiger charge is -2.13. The maximum atomic E-state index is 12.7. The summed E-state index contributed by atoms with van der Waals surface area (Å²) in [6, 6.07) is 12.1. The van der Waals surface area contributed by atoms with Gasteiger partial charge in [-0.05, 0) is 49.7 Å². The van der Waals surface area contributed by atoms with E-state index in [0.29, 0.717) is 31.9 Å². The first-order chi connectivity index (χ1) is 13.8. The molecule has 2 aromatic rings. The van der Waals surface area contributed by atoms with Crippen LogP contribution in [-0.4, -0.2) is 40.0 Å². The molecule has 0 aliphatic rings. The Labute approximate surface area is 170 Å². The minimum atomic E-state index is -3.91. The molecular formula is C20H25N3O5S. The van der Waals surface area contributed by atoms with Crippen molar-refractivity contribution < 1.29 is 22.7 Å². The van der Waals surface area contributed by atoms with Gasteiger partial charge in [-0.3, -0.25) is 14.3 Å². The van der Waals surface area contributed by atoms with Gasteiger partial charge in [0.25, 0.3) is 15.9 Å². The molecule has 0 fully saturated rings. The van der Waals surface area contributed by atoms with Crippen molar-refractivity contribution in [2.24, 2.45) is 0 Å². The minimum absolute atomic E-state index is 0.0125. The predicted molar refractivity (Wildman–Crippen MR) is 111 cm³/mol. The number of benzene rings is 2. The minimum Gasteiger partial charge on any atom is -0.382 e. The van der Waals surface area contributed by atoms with Crippen LogP contribution in [0, 0.1) is 0 Å². The molecular weight excluding hydrogens is 394 g/mol. The first-order valence-electron chi connectivity index (χ1n) is 9.19. The van der Waals surface area contributed by atoms with E-state index in [-0.39, 0.29) is 28.0 Å². The molecule has 2 rings (SSSR count). The number of nitrogens with one attached hydrogen (secondary N) is 3. The highest BCUT2D eigenvalue weighted by molar-refractivity contribution is 7.92. The molecule has 0 aliphatic heterocycles. The van der Waals surface area contributed by atoms with Gasteiger partial charge in [0.2, 0.25) is 5.91 Å². The van der Waals surface area contributed by atoms with Crippen LogP contribution in [0.2, 0.25) is 0 Å². The Morgan fingerprint density at radius 2 is 1.72 bits per heavy atom. The molecule has 0 spiro atoms. The monoisotopic (exact) mass is 419 g/mol. The number of hydrogen-bond donors (Lipinski definition) is 3. The first kappa shape index (κ1) is 22.4. The summed E-state index contributed by atoms with van der Waals surface area (Å²) in [6.07, 6.45) is 0.661. The third kappa shape index (κ3) is 6.88. The van der Waals surface area contributed by atoms with Crippen LogP contribution in [-0.2, 0) is 19.6 Å². The van der Waals surface area contributed by atoms with E-state index in [1.165, 1.54) is 37.3 Å². The third-order valence-corrected chi connectivity index (χ3v) is 5.24. The van der Waals surface area contributed by atoms with E-state index < -0.39 is 10.0 Å². The van der Waals surface area contributed by atoms with E-state index >= 15 is 0 Å². The van der Waals surface area contributed by atoms with Crippen LogP contribution in [0.4, 0.5) is 11.4 Å². The second-order valence-electron chi connectivity index (χ2n) is 6.16. The third-order valence-electron chi connectivity index (χ3n) is 3.86. The molecule has 156 valence electrons. The Bertz CT molecular complexity index is 943. The van der Waals surface area contributed by atoms with Crippen molar-refractivity contribution in [1.29, 1.82) is 0 Å². The Balaban J connectivity index is 2.10. The Hall–Kier alpha value is -2.91. The van der Waals surface area contributed by atoms with Crippen LogP contribution in [0.5, 0.6) is 0 Å². The highest BCUT2D eigenvalue weighted by Gasteiger charge is 2.18. The van der Waals surface area contributed by atoms with Crippen LogP contribution in [0.25, 0.3) is 0 Å². The van der Waals surface area contributed by atoms with Crippen LogP contribution in [0.3, 0.4) is 0 Å². The average molecular weight is 420 g/mol. The maximum Gasteiger partial charge on any atom is 0.261 e. The Morgan fingerprint density at radius 1 is 1.03 bits per heavy atom. The molecule has 0 aliphatic carbocycles. The largest absolute Gasteiger partial charge is 0.382 e. The van der Waals surface area contributed by atoms with Gasteiger partial charge in [0, 0.05) is 32.4 Å². The van der Waals surface area contributed by atoms with E-state index in [2.05, 4.69) is 15.4 Å². The predicted octanol–water partition coefficient (Wildman–Crippen LogP) is 2.60. The molecule has 0 atom stereocenters. The van der Waals surface area contributed by atoms with Crippen LogP contribution < -0.4 is 15.4 Å². The van der Waals surface area contributed by atoms with Gasteiger partial charge < -0.3 is 15.4 Å². The summed E-state index contributed by atoms with van der Waals surface area (Å²) in [4.78, 5) is 23.5. The Kier molecular flexibility index (Phi) is 8.17. The number of hydrogen-bond acceptors (Lipinski definition) is 5. The molecule has 0 unspecified atom stereocenters. The highest BCUT2D eigenvalue weighted by Crippen LogP contribution is 2.21. The number of anilines is 2. The number of sulfonamides is 1. The van der Waals surface area contributed by atoms with E-state index in [1.807, 2.05) is 6.92 Å². The second kappa shape index (κ2) is 10.6. The zero-order valence-electron chi connectivity index (χ0n) is 16.4. The van der Waals surface area contributed by atoms with Crippen molar-refractivity contribution in [2.45, 2.75) is 25.2 Å². The lowest BCUT2D eigenvalue weighted by atomic mass is 10.1. The van der Waals surface area contributed by atoms with Crippen LogP contribution in [0.15, 0.2) is 53.4 Å². The van der Waals surface area contributed by atoms with E-state index in [9.17, 15) is 18.0 Å². The second-order valence-corrected chi connectivity index (χ2v) is 7.85. The Morgan fingerprint density at radius 3 is 2.38 bits per heavy atom. The zero-order valence-corrected chi connectivity index (χ0v) is 17.2. The van der Waals surface area contributed by atoms with Crippen molar-refractivity contribution in [3.63, 3.8) is 0 Å². The van der Waals surface area contributed by atoms with Crippen molar-refractivity contribution in [1.82, 2.24) is 5.32 Å². The number of para-hydroxylation sites is 1.